The number of benzene rings is 1. The lowest BCUT2D eigenvalue weighted by molar-refractivity contribution is 0.0916. The van der Waals surface area contributed by atoms with Crippen LogP contribution in [0.15, 0.2) is 12.1 Å². The fourth-order valence-corrected chi connectivity index (χ4v) is 3.62. The lowest BCUT2D eigenvalue weighted by Gasteiger charge is -2.35. The van der Waals surface area contributed by atoms with E-state index in [1.54, 1.807) is 12.1 Å². The highest BCUT2D eigenvalue weighted by molar-refractivity contribution is 5.95. The van der Waals surface area contributed by atoms with Gasteiger partial charge in [-0.15, -0.1) is 0 Å². The molecule has 0 aromatic heterocycles. The van der Waals surface area contributed by atoms with E-state index in [4.69, 9.17) is 14.2 Å². The molecular formula is C22H36N2O4. The van der Waals surface area contributed by atoms with Crippen molar-refractivity contribution in [3.8, 4) is 17.2 Å². The molecule has 1 fully saturated rings. The summed E-state index contributed by atoms with van der Waals surface area (Å²) < 4.78 is 17.1. The van der Waals surface area contributed by atoms with Gasteiger partial charge in [-0.1, -0.05) is 6.92 Å². The number of nitrogens with one attached hydrogen (secondary N) is 1. The molecule has 2 atom stereocenters. The number of piperidine rings is 1. The third-order valence-corrected chi connectivity index (χ3v) is 5.04. The van der Waals surface area contributed by atoms with Crippen molar-refractivity contribution in [2.75, 3.05) is 39.5 Å². The summed E-state index contributed by atoms with van der Waals surface area (Å²) in [5.74, 6) is 2.23. The molecule has 0 aliphatic carbocycles. The zero-order valence-corrected chi connectivity index (χ0v) is 18.0. The Labute approximate surface area is 169 Å². The number of ether oxygens (including phenoxy) is 3. The Morgan fingerprint density at radius 2 is 1.75 bits per heavy atom. The van der Waals surface area contributed by atoms with Crippen molar-refractivity contribution in [1.82, 2.24) is 10.2 Å². The van der Waals surface area contributed by atoms with E-state index in [2.05, 4.69) is 24.1 Å². The largest absolute Gasteiger partial charge is 0.490 e. The normalized spacial score (nSPS) is 18.4. The molecule has 0 saturated carbocycles. The van der Waals surface area contributed by atoms with Gasteiger partial charge in [0.15, 0.2) is 11.5 Å². The van der Waals surface area contributed by atoms with Gasteiger partial charge in [0.05, 0.1) is 19.8 Å². The Kier molecular flexibility index (Phi) is 8.90. The van der Waals surface area contributed by atoms with Gasteiger partial charge < -0.3 is 19.5 Å². The standard InChI is InChI=1S/C22H36N2O4/c1-6-26-19-12-18(13-20(27-7-2)21(19)28-8-3)22(25)23-14-17(5)24-11-9-10-16(4)15-24/h12-13,16-17H,6-11,14-15H2,1-5H3,(H,23,25). The first-order chi connectivity index (χ1) is 13.5. The molecule has 6 nitrogen and oxygen atoms in total. The molecule has 0 bridgehead atoms. The average Bonchev–Trinajstić information content (AvgIpc) is 2.68. The summed E-state index contributed by atoms with van der Waals surface area (Å²) >= 11 is 0. The summed E-state index contributed by atoms with van der Waals surface area (Å²) in [5.41, 5.74) is 0.523. The summed E-state index contributed by atoms with van der Waals surface area (Å²) in [6, 6.07) is 3.78. The summed E-state index contributed by atoms with van der Waals surface area (Å²) in [6.45, 7) is 14.5. The average molecular weight is 393 g/mol. The third kappa shape index (κ3) is 6.03. The van der Waals surface area contributed by atoms with Crippen molar-refractivity contribution < 1.29 is 19.0 Å². The second-order valence-corrected chi connectivity index (χ2v) is 7.40. The number of carbonyl (C=O) groups is 1. The highest BCUT2D eigenvalue weighted by Crippen LogP contribution is 2.39. The molecule has 1 heterocycles. The fraction of sp³-hybridized carbons (Fsp3) is 0.682. The molecule has 158 valence electrons. The van der Waals surface area contributed by atoms with Gasteiger partial charge in [-0.25, -0.2) is 0 Å². The molecule has 1 aromatic rings. The molecule has 1 amide bonds. The van der Waals surface area contributed by atoms with Crippen LogP contribution in [0.5, 0.6) is 17.2 Å². The van der Waals surface area contributed by atoms with Gasteiger partial charge in [0, 0.05) is 24.7 Å². The summed E-state index contributed by atoms with van der Waals surface area (Å²) in [7, 11) is 0. The van der Waals surface area contributed by atoms with Crippen molar-refractivity contribution in [3.63, 3.8) is 0 Å². The number of hydrogen-bond donors (Lipinski definition) is 1. The van der Waals surface area contributed by atoms with Crippen LogP contribution >= 0.6 is 0 Å². The van der Waals surface area contributed by atoms with Crippen LogP contribution in [0, 0.1) is 5.92 Å². The van der Waals surface area contributed by atoms with Gasteiger partial charge in [0.2, 0.25) is 5.75 Å². The number of rotatable bonds is 10. The van der Waals surface area contributed by atoms with E-state index in [1.807, 2.05) is 20.8 Å². The summed E-state index contributed by atoms with van der Waals surface area (Å²) in [4.78, 5) is 15.3. The number of likely N-dealkylation sites (tertiary alicyclic amines) is 1. The minimum absolute atomic E-state index is 0.123. The molecule has 1 aliphatic heterocycles. The van der Waals surface area contributed by atoms with Crippen molar-refractivity contribution in [1.29, 1.82) is 0 Å². The number of amides is 1. The van der Waals surface area contributed by atoms with Crippen molar-refractivity contribution in [3.05, 3.63) is 17.7 Å². The van der Waals surface area contributed by atoms with E-state index >= 15 is 0 Å². The monoisotopic (exact) mass is 392 g/mol. The quantitative estimate of drug-likeness (QED) is 0.657. The molecule has 6 heteroatoms. The number of nitrogens with zero attached hydrogens (tertiary/aromatic N) is 1. The van der Waals surface area contributed by atoms with E-state index in [9.17, 15) is 4.79 Å². The Morgan fingerprint density at radius 1 is 1.14 bits per heavy atom. The molecular weight excluding hydrogens is 356 g/mol. The topological polar surface area (TPSA) is 60.0 Å². The maximum absolute atomic E-state index is 12.8. The zero-order chi connectivity index (χ0) is 20.5. The van der Waals surface area contributed by atoms with Crippen LogP contribution in [-0.4, -0.2) is 56.3 Å². The van der Waals surface area contributed by atoms with Gasteiger partial charge in [0.25, 0.3) is 5.91 Å². The van der Waals surface area contributed by atoms with Gasteiger partial charge >= 0.3 is 0 Å². The van der Waals surface area contributed by atoms with Crippen LogP contribution < -0.4 is 19.5 Å². The minimum Gasteiger partial charge on any atom is -0.490 e. The van der Waals surface area contributed by atoms with Crippen LogP contribution in [-0.2, 0) is 0 Å². The van der Waals surface area contributed by atoms with Crippen LogP contribution in [0.1, 0.15) is 57.8 Å². The number of carbonyl (C=O) groups excluding carboxylic acids is 1. The van der Waals surface area contributed by atoms with Crippen LogP contribution in [0.2, 0.25) is 0 Å². The molecule has 2 rings (SSSR count). The Balaban J connectivity index is 2.10. The molecule has 28 heavy (non-hydrogen) atoms. The number of hydrogen-bond acceptors (Lipinski definition) is 5. The van der Waals surface area contributed by atoms with Gasteiger partial charge in [-0.3, -0.25) is 9.69 Å². The van der Waals surface area contributed by atoms with Gasteiger partial charge in [-0.2, -0.15) is 0 Å². The second-order valence-electron chi connectivity index (χ2n) is 7.40. The van der Waals surface area contributed by atoms with Crippen molar-refractivity contribution >= 4 is 5.91 Å². The van der Waals surface area contributed by atoms with Gasteiger partial charge in [0.1, 0.15) is 0 Å². The van der Waals surface area contributed by atoms with Crippen molar-refractivity contribution in [2.24, 2.45) is 5.92 Å². The SMILES string of the molecule is CCOc1cc(C(=O)NCC(C)N2CCCC(C)C2)cc(OCC)c1OCC. The van der Waals surface area contributed by atoms with E-state index in [0.29, 0.717) is 55.2 Å². The predicted molar refractivity (Wildman–Crippen MR) is 112 cm³/mol. The second kappa shape index (κ2) is 11.1. The molecule has 2 unspecified atom stereocenters. The van der Waals surface area contributed by atoms with Crippen LogP contribution in [0.4, 0.5) is 0 Å². The highest BCUT2D eigenvalue weighted by atomic mass is 16.5. The maximum atomic E-state index is 12.8. The van der Waals surface area contributed by atoms with E-state index in [1.165, 1.54) is 12.8 Å². The maximum Gasteiger partial charge on any atom is 0.251 e. The lowest BCUT2D eigenvalue weighted by atomic mass is 9.99. The fourth-order valence-electron chi connectivity index (χ4n) is 3.62. The highest BCUT2D eigenvalue weighted by Gasteiger charge is 2.22. The first-order valence-electron chi connectivity index (χ1n) is 10.6. The lowest BCUT2D eigenvalue weighted by Crippen LogP contribution is -2.46. The van der Waals surface area contributed by atoms with Crippen molar-refractivity contribution in [2.45, 2.75) is 53.5 Å². The Morgan fingerprint density at radius 3 is 2.29 bits per heavy atom. The molecule has 1 saturated heterocycles. The zero-order valence-electron chi connectivity index (χ0n) is 18.0. The molecule has 0 radical (unpaired) electrons. The van der Waals surface area contributed by atoms with Gasteiger partial charge in [-0.05, 0) is 65.1 Å². The van der Waals surface area contributed by atoms with Crippen LogP contribution in [0.25, 0.3) is 0 Å². The van der Waals surface area contributed by atoms with Crippen LogP contribution in [0.3, 0.4) is 0 Å². The van der Waals surface area contributed by atoms with E-state index < -0.39 is 0 Å². The van der Waals surface area contributed by atoms with E-state index in [0.717, 1.165) is 19.0 Å². The summed E-state index contributed by atoms with van der Waals surface area (Å²) in [5, 5.41) is 3.07. The Hall–Kier alpha value is -1.95. The minimum atomic E-state index is -0.123. The predicted octanol–water partition coefficient (Wildman–Crippen LogP) is 3.73. The molecule has 1 N–H and O–H groups in total. The first-order valence-corrected chi connectivity index (χ1v) is 10.6. The third-order valence-electron chi connectivity index (χ3n) is 5.04. The van der Waals surface area contributed by atoms with E-state index in [-0.39, 0.29) is 5.91 Å². The molecule has 1 aliphatic rings. The molecule has 0 spiro atoms. The molecule has 1 aromatic carbocycles. The summed E-state index contributed by atoms with van der Waals surface area (Å²) in [6.07, 6.45) is 2.52. The smallest absolute Gasteiger partial charge is 0.251 e. The Bertz CT molecular complexity index is 608. The first kappa shape index (κ1) is 22.3.